The van der Waals surface area contributed by atoms with Crippen LogP contribution in [-0.4, -0.2) is 36.2 Å². The molecule has 0 radical (unpaired) electrons. The topological polar surface area (TPSA) is 59.0 Å². The van der Waals surface area contributed by atoms with Gasteiger partial charge in [0, 0.05) is 12.1 Å². The molecule has 0 unspecified atom stereocenters. The quantitative estimate of drug-likeness (QED) is 0.286. The van der Waals surface area contributed by atoms with Crippen molar-refractivity contribution >= 4 is 5.97 Å². The lowest BCUT2D eigenvalue weighted by Crippen LogP contribution is -2.19. The van der Waals surface area contributed by atoms with Crippen molar-refractivity contribution in [3.05, 3.63) is 83.2 Å². The van der Waals surface area contributed by atoms with E-state index in [0.717, 1.165) is 54.7 Å². The summed E-state index contributed by atoms with van der Waals surface area (Å²) < 4.78 is 26.4. The molecule has 0 aromatic heterocycles. The Kier molecular flexibility index (Phi) is 9.18. The molecule has 0 saturated carbocycles. The van der Waals surface area contributed by atoms with Crippen LogP contribution in [0.2, 0.25) is 0 Å². The zero-order valence-electron chi connectivity index (χ0n) is 21.7. The van der Waals surface area contributed by atoms with Crippen LogP contribution in [0, 0.1) is 5.82 Å². The molecule has 0 aliphatic carbocycles. The number of hydrogen-bond acceptors (Lipinski definition) is 4. The number of rotatable bonds is 12. The smallest absolute Gasteiger partial charge is 0.303 e. The second-order valence-electron chi connectivity index (χ2n) is 9.77. The van der Waals surface area contributed by atoms with Crippen molar-refractivity contribution in [2.24, 2.45) is 0 Å². The summed E-state index contributed by atoms with van der Waals surface area (Å²) in [6, 6.07) is 18.7. The van der Waals surface area contributed by atoms with Gasteiger partial charge < -0.3 is 14.6 Å². The largest absolute Gasteiger partial charge is 0.497 e. The Morgan fingerprint density at radius 3 is 2.57 bits per heavy atom. The highest BCUT2D eigenvalue weighted by Crippen LogP contribution is 2.33. The highest BCUT2D eigenvalue weighted by molar-refractivity contribution is 5.70. The Bertz CT molecular complexity index is 1210. The van der Waals surface area contributed by atoms with Crippen LogP contribution in [0.1, 0.15) is 61.6 Å². The molecule has 5 nitrogen and oxygen atoms in total. The lowest BCUT2D eigenvalue weighted by Gasteiger charge is -2.20. The summed E-state index contributed by atoms with van der Waals surface area (Å²) in [7, 11) is 1.59. The van der Waals surface area contributed by atoms with Crippen LogP contribution in [0.3, 0.4) is 0 Å². The molecule has 0 spiro atoms. The summed E-state index contributed by atoms with van der Waals surface area (Å²) in [5, 5.41) is 9.31. The second kappa shape index (κ2) is 12.7. The molecule has 196 valence electrons. The van der Waals surface area contributed by atoms with Crippen molar-refractivity contribution < 1.29 is 23.8 Å². The van der Waals surface area contributed by atoms with Crippen molar-refractivity contribution in [3.8, 4) is 22.6 Å². The maximum Gasteiger partial charge on any atom is 0.303 e. The lowest BCUT2D eigenvalue weighted by atomic mass is 9.91. The van der Waals surface area contributed by atoms with E-state index in [1.165, 1.54) is 18.9 Å². The van der Waals surface area contributed by atoms with E-state index in [9.17, 15) is 14.3 Å². The zero-order valence-corrected chi connectivity index (χ0v) is 21.7. The van der Waals surface area contributed by atoms with Crippen LogP contribution in [0.4, 0.5) is 4.39 Å². The Morgan fingerprint density at radius 1 is 1.03 bits per heavy atom. The molecule has 1 fully saturated rings. The number of methoxy groups -OCH3 is 1. The van der Waals surface area contributed by atoms with Gasteiger partial charge in [0.2, 0.25) is 0 Å². The number of benzene rings is 3. The molecule has 3 aromatic carbocycles. The van der Waals surface area contributed by atoms with E-state index in [-0.39, 0.29) is 18.2 Å². The molecule has 1 saturated heterocycles. The van der Waals surface area contributed by atoms with E-state index in [1.807, 2.05) is 36.4 Å². The van der Waals surface area contributed by atoms with Crippen molar-refractivity contribution in [1.82, 2.24) is 4.90 Å². The first-order valence-electron chi connectivity index (χ1n) is 13.1. The van der Waals surface area contributed by atoms with Gasteiger partial charge in [-0.1, -0.05) is 43.7 Å². The predicted octanol–water partition coefficient (Wildman–Crippen LogP) is 7.03. The molecule has 0 amide bonds. The number of carboxylic acid groups (broad SMARTS) is 1. The fourth-order valence-corrected chi connectivity index (χ4v) is 5.12. The normalized spacial score (nSPS) is 14.5. The summed E-state index contributed by atoms with van der Waals surface area (Å²) >= 11 is 0. The monoisotopic (exact) mass is 505 g/mol. The predicted molar refractivity (Wildman–Crippen MR) is 144 cm³/mol. The Balaban J connectivity index is 1.56. The second-order valence-corrected chi connectivity index (χ2v) is 9.77. The average Bonchev–Trinajstić information content (AvgIpc) is 3.41. The number of hydrogen-bond donors (Lipinski definition) is 1. The van der Waals surface area contributed by atoms with Gasteiger partial charge in [-0.05, 0) is 90.9 Å². The maximum absolute atomic E-state index is 14.9. The van der Waals surface area contributed by atoms with E-state index in [2.05, 4.69) is 17.9 Å². The summed E-state index contributed by atoms with van der Waals surface area (Å²) in [5.41, 5.74) is 4.45. The van der Waals surface area contributed by atoms with Gasteiger partial charge in [0.15, 0.2) is 0 Å². The fraction of sp³-hybridized carbons (Fsp3) is 0.387. The maximum atomic E-state index is 14.9. The molecule has 3 aromatic rings. The van der Waals surface area contributed by atoms with E-state index in [4.69, 9.17) is 9.47 Å². The van der Waals surface area contributed by atoms with Crippen LogP contribution in [0.15, 0.2) is 60.7 Å². The van der Waals surface area contributed by atoms with E-state index in [0.29, 0.717) is 23.7 Å². The van der Waals surface area contributed by atoms with E-state index < -0.39 is 5.97 Å². The molecular formula is C31H36FNO4. The summed E-state index contributed by atoms with van der Waals surface area (Å²) in [5.74, 6) is 0.249. The third kappa shape index (κ3) is 7.10. The van der Waals surface area contributed by atoms with Gasteiger partial charge in [0.05, 0.1) is 13.5 Å². The van der Waals surface area contributed by atoms with Crippen LogP contribution in [0.5, 0.6) is 11.5 Å². The molecule has 1 aliphatic heterocycles. The van der Waals surface area contributed by atoms with E-state index >= 15 is 0 Å². The number of carbonyl (C=O) groups is 1. The zero-order chi connectivity index (χ0) is 26.2. The lowest BCUT2D eigenvalue weighted by molar-refractivity contribution is -0.137. The molecule has 1 N–H and O–H groups in total. The SMILES string of the molecule is CCC[C@@H](CC(=O)O)c1cccc(OCc2ccc(-c3cc(OC)ccc3F)c(CN3CCCC3)c2)c1. The standard InChI is InChI=1S/C31H36FNO4/c1-3-7-23(18-31(34)35)24-8-6-9-27(17-24)37-21-22-10-12-28(25(16-22)20-33-14-4-5-15-33)29-19-26(36-2)11-13-30(29)32/h6,8-13,16-17,19,23H,3-5,7,14-15,18,20-21H2,1-2H3,(H,34,35)/t23-/m0/s1. The summed E-state index contributed by atoms with van der Waals surface area (Å²) in [6.07, 6.45) is 4.21. The minimum atomic E-state index is -0.789. The van der Waals surface area contributed by atoms with Gasteiger partial charge in [0.25, 0.3) is 0 Å². The Morgan fingerprint density at radius 2 is 1.84 bits per heavy atom. The molecule has 0 bridgehead atoms. The van der Waals surface area contributed by atoms with Crippen LogP contribution >= 0.6 is 0 Å². The van der Waals surface area contributed by atoms with Crippen LogP contribution in [0.25, 0.3) is 11.1 Å². The first-order valence-corrected chi connectivity index (χ1v) is 13.1. The van der Waals surface area contributed by atoms with Gasteiger partial charge in [-0.2, -0.15) is 0 Å². The van der Waals surface area contributed by atoms with Crippen molar-refractivity contribution in [2.75, 3.05) is 20.2 Å². The Labute approximate surface area is 218 Å². The number of likely N-dealkylation sites (tertiary alicyclic amines) is 1. The van der Waals surface area contributed by atoms with Gasteiger partial charge >= 0.3 is 5.97 Å². The minimum absolute atomic E-state index is 0.0323. The summed E-state index contributed by atoms with van der Waals surface area (Å²) in [6.45, 7) is 5.28. The molecule has 6 heteroatoms. The van der Waals surface area contributed by atoms with Gasteiger partial charge in [-0.25, -0.2) is 4.39 Å². The first kappa shape index (κ1) is 26.7. The molecular weight excluding hydrogens is 469 g/mol. The molecule has 4 rings (SSSR count). The third-order valence-electron chi connectivity index (χ3n) is 7.02. The number of aliphatic carboxylic acids is 1. The van der Waals surface area contributed by atoms with Gasteiger partial charge in [-0.3, -0.25) is 9.69 Å². The summed E-state index contributed by atoms with van der Waals surface area (Å²) in [4.78, 5) is 13.7. The molecule has 1 atom stereocenters. The fourth-order valence-electron chi connectivity index (χ4n) is 5.12. The van der Waals surface area contributed by atoms with Gasteiger partial charge in [-0.15, -0.1) is 0 Å². The first-order chi connectivity index (χ1) is 18.0. The van der Waals surface area contributed by atoms with Crippen LogP contribution in [-0.2, 0) is 17.9 Å². The number of carboxylic acids is 1. The van der Waals surface area contributed by atoms with E-state index in [1.54, 1.807) is 19.2 Å². The molecule has 37 heavy (non-hydrogen) atoms. The number of halogens is 1. The average molecular weight is 506 g/mol. The highest BCUT2D eigenvalue weighted by atomic mass is 19.1. The minimum Gasteiger partial charge on any atom is -0.497 e. The number of nitrogens with zero attached hydrogens (tertiary/aromatic N) is 1. The third-order valence-corrected chi connectivity index (χ3v) is 7.02. The highest BCUT2D eigenvalue weighted by Gasteiger charge is 2.18. The van der Waals surface area contributed by atoms with Crippen molar-refractivity contribution in [3.63, 3.8) is 0 Å². The van der Waals surface area contributed by atoms with Crippen molar-refractivity contribution in [1.29, 1.82) is 0 Å². The van der Waals surface area contributed by atoms with Crippen LogP contribution < -0.4 is 9.47 Å². The molecule has 1 heterocycles. The number of ether oxygens (including phenoxy) is 2. The molecule has 1 aliphatic rings. The Hall–Kier alpha value is -3.38. The van der Waals surface area contributed by atoms with Crippen molar-refractivity contribution in [2.45, 2.75) is 58.1 Å². The van der Waals surface area contributed by atoms with Gasteiger partial charge in [0.1, 0.15) is 23.9 Å².